The SMILES string of the molecule is C[C@@H]1CN(c2cnc(Cl)c(N)n2)C[C@H](C)N1C(=O)OC1CC2(C1)CN(Cc1ccccc1)C2. The minimum Gasteiger partial charge on any atom is -0.446 e. The van der Waals surface area contributed by atoms with Gasteiger partial charge in [0, 0.05) is 38.1 Å². The van der Waals surface area contributed by atoms with Crippen molar-refractivity contribution in [3.63, 3.8) is 0 Å². The Labute approximate surface area is 199 Å². The van der Waals surface area contributed by atoms with Crippen molar-refractivity contribution < 1.29 is 9.53 Å². The molecule has 9 heteroatoms. The molecule has 33 heavy (non-hydrogen) atoms. The van der Waals surface area contributed by atoms with E-state index in [2.05, 4.69) is 50.1 Å². The Hall–Kier alpha value is -2.58. The molecule has 176 valence electrons. The van der Waals surface area contributed by atoms with Gasteiger partial charge in [0.2, 0.25) is 0 Å². The van der Waals surface area contributed by atoms with E-state index in [1.165, 1.54) is 5.56 Å². The van der Waals surface area contributed by atoms with Gasteiger partial charge in [0.25, 0.3) is 0 Å². The summed E-state index contributed by atoms with van der Waals surface area (Å²) in [5.41, 5.74) is 7.50. The molecule has 2 aliphatic heterocycles. The standard InChI is InChI=1S/C24H31ClN6O2/c1-16-11-30(20-10-27-21(25)22(26)28-20)12-17(2)31(16)23(32)33-19-8-24(9-19)14-29(15-24)13-18-6-4-3-5-7-18/h3-7,10,16-17,19H,8-9,11-15H2,1-2H3,(H2,26,28)/t16-,17+. The van der Waals surface area contributed by atoms with Crippen LogP contribution in [-0.4, -0.2) is 70.2 Å². The van der Waals surface area contributed by atoms with Crippen LogP contribution >= 0.6 is 11.6 Å². The molecule has 2 saturated heterocycles. The molecule has 0 unspecified atom stereocenters. The number of carbonyl (C=O) groups is 1. The van der Waals surface area contributed by atoms with E-state index in [-0.39, 0.29) is 35.3 Å². The highest BCUT2D eigenvalue weighted by Crippen LogP contribution is 2.50. The highest BCUT2D eigenvalue weighted by molar-refractivity contribution is 6.31. The number of nitrogens with zero attached hydrogens (tertiary/aromatic N) is 5. The zero-order valence-electron chi connectivity index (χ0n) is 19.2. The number of ether oxygens (including phenoxy) is 1. The highest BCUT2D eigenvalue weighted by atomic mass is 35.5. The molecule has 2 N–H and O–H groups in total. The maximum absolute atomic E-state index is 13.0. The summed E-state index contributed by atoms with van der Waals surface area (Å²) in [7, 11) is 0. The molecule has 3 fully saturated rings. The fourth-order valence-electron chi connectivity index (χ4n) is 5.71. The summed E-state index contributed by atoms with van der Waals surface area (Å²) in [6, 6.07) is 10.5. The number of anilines is 2. The number of hydrogen-bond donors (Lipinski definition) is 1. The number of likely N-dealkylation sites (tertiary alicyclic amines) is 1. The Kier molecular flexibility index (Phi) is 5.82. The fraction of sp³-hybridized carbons (Fsp3) is 0.542. The molecule has 1 aliphatic carbocycles. The van der Waals surface area contributed by atoms with Crippen molar-refractivity contribution in [3.05, 3.63) is 47.2 Å². The first-order valence-corrected chi connectivity index (χ1v) is 12.0. The molecular formula is C24H31ClN6O2. The predicted octanol–water partition coefficient (Wildman–Crippen LogP) is 3.41. The van der Waals surface area contributed by atoms with Gasteiger partial charge < -0.3 is 15.4 Å². The number of piperazine rings is 1. The average Bonchev–Trinajstić information content (AvgIpc) is 2.73. The van der Waals surface area contributed by atoms with Crippen molar-refractivity contribution in [2.45, 2.75) is 51.4 Å². The van der Waals surface area contributed by atoms with E-state index in [0.717, 1.165) is 32.5 Å². The molecule has 2 atom stereocenters. The van der Waals surface area contributed by atoms with Gasteiger partial charge in [0.05, 0.1) is 18.3 Å². The van der Waals surface area contributed by atoms with Gasteiger partial charge >= 0.3 is 6.09 Å². The van der Waals surface area contributed by atoms with Gasteiger partial charge in [-0.15, -0.1) is 0 Å². The molecule has 1 spiro atoms. The van der Waals surface area contributed by atoms with Crippen LogP contribution < -0.4 is 10.6 Å². The number of amides is 1. The number of benzene rings is 1. The van der Waals surface area contributed by atoms with E-state index in [0.29, 0.717) is 24.3 Å². The average molecular weight is 471 g/mol. The predicted molar refractivity (Wildman–Crippen MR) is 128 cm³/mol. The molecule has 0 radical (unpaired) electrons. The molecular weight excluding hydrogens is 440 g/mol. The number of nitrogens with two attached hydrogens (primary N) is 1. The van der Waals surface area contributed by atoms with Gasteiger partial charge in [-0.05, 0) is 32.3 Å². The van der Waals surface area contributed by atoms with Gasteiger partial charge in [-0.1, -0.05) is 41.9 Å². The van der Waals surface area contributed by atoms with Crippen LogP contribution in [0.5, 0.6) is 0 Å². The first-order valence-electron chi connectivity index (χ1n) is 11.6. The zero-order chi connectivity index (χ0) is 23.2. The van der Waals surface area contributed by atoms with Gasteiger partial charge in [0.1, 0.15) is 11.9 Å². The van der Waals surface area contributed by atoms with Crippen molar-refractivity contribution in [1.29, 1.82) is 0 Å². The molecule has 1 amide bonds. The second-order valence-corrected chi connectivity index (χ2v) is 10.3. The lowest BCUT2D eigenvalue weighted by Gasteiger charge is -2.58. The fourth-order valence-corrected chi connectivity index (χ4v) is 5.80. The zero-order valence-corrected chi connectivity index (χ0v) is 19.9. The molecule has 3 heterocycles. The van der Waals surface area contributed by atoms with Gasteiger partial charge in [0.15, 0.2) is 11.0 Å². The van der Waals surface area contributed by atoms with Crippen LogP contribution in [0, 0.1) is 5.41 Å². The largest absolute Gasteiger partial charge is 0.446 e. The molecule has 0 bridgehead atoms. The topological polar surface area (TPSA) is 87.8 Å². The molecule has 8 nitrogen and oxygen atoms in total. The summed E-state index contributed by atoms with van der Waals surface area (Å²) >= 11 is 5.90. The van der Waals surface area contributed by atoms with Crippen LogP contribution in [-0.2, 0) is 11.3 Å². The molecule has 5 rings (SSSR count). The Morgan fingerprint density at radius 3 is 2.48 bits per heavy atom. The lowest BCUT2D eigenvalue weighted by atomic mass is 9.61. The first-order chi connectivity index (χ1) is 15.8. The van der Waals surface area contributed by atoms with Gasteiger partial charge in [-0.2, -0.15) is 0 Å². The monoisotopic (exact) mass is 470 g/mol. The molecule has 3 aliphatic rings. The molecule has 1 saturated carbocycles. The number of halogens is 1. The number of aromatic nitrogens is 2. The van der Waals surface area contributed by atoms with E-state index < -0.39 is 0 Å². The summed E-state index contributed by atoms with van der Waals surface area (Å²) in [4.78, 5) is 27.9. The second kappa shape index (κ2) is 8.65. The Balaban J connectivity index is 1.10. The van der Waals surface area contributed by atoms with Crippen molar-refractivity contribution in [1.82, 2.24) is 19.8 Å². The van der Waals surface area contributed by atoms with Crippen molar-refractivity contribution >= 4 is 29.3 Å². The van der Waals surface area contributed by atoms with E-state index in [4.69, 9.17) is 22.1 Å². The van der Waals surface area contributed by atoms with Crippen molar-refractivity contribution in [2.75, 3.05) is 36.8 Å². The third-order valence-electron chi connectivity index (χ3n) is 7.15. The highest BCUT2D eigenvalue weighted by Gasteiger charge is 2.54. The third kappa shape index (κ3) is 4.46. The van der Waals surface area contributed by atoms with Crippen LogP contribution in [0.15, 0.2) is 36.5 Å². The summed E-state index contributed by atoms with van der Waals surface area (Å²) in [6.45, 7) is 8.52. The number of hydrogen-bond acceptors (Lipinski definition) is 7. The smallest absolute Gasteiger partial charge is 0.410 e. The molecule has 1 aromatic carbocycles. The lowest BCUT2D eigenvalue weighted by molar-refractivity contribution is -0.137. The quantitative estimate of drug-likeness (QED) is 0.732. The van der Waals surface area contributed by atoms with Crippen LogP contribution in [0.3, 0.4) is 0 Å². The second-order valence-electron chi connectivity index (χ2n) is 9.96. The van der Waals surface area contributed by atoms with Crippen LogP contribution in [0.4, 0.5) is 16.4 Å². The van der Waals surface area contributed by atoms with E-state index in [1.807, 2.05) is 18.7 Å². The lowest BCUT2D eigenvalue weighted by Crippen LogP contribution is -2.65. The van der Waals surface area contributed by atoms with Gasteiger partial charge in [-0.3, -0.25) is 9.80 Å². The van der Waals surface area contributed by atoms with Crippen molar-refractivity contribution in [2.24, 2.45) is 5.41 Å². The van der Waals surface area contributed by atoms with E-state index >= 15 is 0 Å². The Morgan fingerprint density at radius 2 is 1.85 bits per heavy atom. The minimum atomic E-state index is -0.211. The first kappa shape index (κ1) is 22.2. The summed E-state index contributed by atoms with van der Waals surface area (Å²) in [6.07, 6.45) is 3.37. The van der Waals surface area contributed by atoms with Crippen LogP contribution in [0.1, 0.15) is 32.3 Å². The van der Waals surface area contributed by atoms with Gasteiger partial charge in [-0.25, -0.2) is 14.8 Å². The van der Waals surface area contributed by atoms with E-state index in [1.54, 1.807) is 6.20 Å². The van der Waals surface area contributed by atoms with Crippen LogP contribution in [0.2, 0.25) is 5.15 Å². The molecule has 1 aromatic heterocycles. The van der Waals surface area contributed by atoms with E-state index in [9.17, 15) is 4.79 Å². The summed E-state index contributed by atoms with van der Waals surface area (Å²) in [5, 5.41) is 0.204. The van der Waals surface area contributed by atoms with Crippen molar-refractivity contribution in [3.8, 4) is 0 Å². The number of nitrogen functional groups attached to an aromatic ring is 1. The summed E-state index contributed by atoms with van der Waals surface area (Å²) in [5.74, 6) is 0.892. The minimum absolute atomic E-state index is 0.0148. The Morgan fingerprint density at radius 1 is 1.18 bits per heavy atom. The normalized spacial score (nSPS) is 24.9. The third-order valence-corrected chi connectivity index (χ3v) is 7.44. The molecule has 2 aromatic rings. The maximum atomic E-state index is 13.0. The summed E-state index contributed by atoms with van der Waals surface area (Å²) < 4.78 is 5.91. The number of carbonyl (C=O) groups excluding carboxylic acids is 1. The Bertz CT molecular complexity index is 995. The number of rotatable bonds is 4. The van der Waals surface area contributed by atoms with Crippen LogP contribution in [0.25, 0.3) is 0 Å². The maximum Gasteiger partial charge on any atom is 0.410 e.